The van der Waals surface area contributed by atoms with Crippen LogP contribution in [-0.2, 0) is 4.79 Å². The molecular formula is C13H21OP. The zero-order valence-corrected chi connectivity index (χ0v) is 10.4. The van der Waals surface area contributed by atoms with E-state index in [1.807, 2.05) is 0 Å². The number of rotatable bonds is 0. The molecule has 2 heteroatoms. The van der Waals surface area contributed by atoms with Gasteiger partial charge in [-0.1, -0.05) is 25.7 Å². The van der Waals surface area contributed by atoms with E-state index < -0.39 is 0 Å². The Bertz CT molecular complexity index is 263. The van der Waals surface area contributed by atoms with Crippen LogP contribution in [0.1, 0.15) is 51.4 Å². The van der Waals surface area contributed by atoms with E-state index in [0.29, 0.717) is 20.0 Å². The highest BCUT2D eigenvalue weighted by Crippen LogP contribution is 2.53. The maximum atomic E-state index is 12.1. The van der Waals surface area contributed by atoms with Gasteiger partial charge in [0.15, 0.2) is 5.52 Å². The Morgan fingerprint density at radius 1 is 0.867 bits per heavy atom. The third kappa shape index (κ3) is 1.78. The number of hydrogen-bond acceptors (Lipinski definition) is 1. The van der Waals surface area contributed by atoms with E-state index in [2.05, 4.69) is 0 Å². The van der Waals surface area contributed by atoms with Crippen molar-refractivity contribution < 1.29 is 4.79 Å². The van der Waals surface area contributed by atoms with Gasteiger partial charge in [-0.25, -0.2) is 0 Å². The Kier molecular flexibility index (Phi) is 2.85. The summed E-state index contributed by atoms with van der Waals surface area (Å²) in [6.45, 7) is 0. The Labute approximate surface area is 94.2 Å². The van der Waals surface area contributed by atoms with E-state index in [1.54, 1.807) is 0 Å². The average molecular weight is 224 g/mol. The highest BCUT2D eigenvalue weighted by molar-refractivity contribution is 7.58. The molecule has 1 saturated heterocycles. The minimum atomic E-state index is 0.497. The molecule has 1 aliphatic heterocycles. The summed E-state index contributed by atoms with van der Waals surface area (Å²) in [7, 11) is 0.676. The van der Waals surface area contributed by atoms with Gasteiger partial charge in [-0.2, -0.15) is 0 Å². The molecule has 3 aliphatic rings. The van der Waals surface area contributed by atoms with Crippen molar-refractivity contribution in [1.82, 2.24) is 0 Å². The van der Waals surface area contributed by atoms with E-state index in [-0.39, 0.29) is 0 Å². The van der Waals surface area contributed by atoms with Gasteiger partial charge in [0.1, 0.15) is 0 Å². The van der Waals surface area contributed by atoms with E-state index >= 15 is 0 Å². The van der Waals surface area contributed by atoms with Crippen LogP contribution in [0.15, 0.2) is 0 Å². The van der Waals surface area contributed by atoms with Crippen molar-refractivity contribution in [3.8, 4) is 0 Å². The Balaban J connectivity index is 1.82. The van der Waals surface area contributed by atoms with Crippen LogP contribution >= 0.6 is 8.58 Å². The molecule has 2 saturated carbocycles. The van der Waals surface area contributed by atoms with Crippen molar-refractivity contribution in [3.05, 3.63) is 0 Å². The minimum absolute atomic E-state index is 0.497. The molecule has 0 aromatic rings. The second-order valence-electron chi connectivity index (χ2n) is 5.62. The van der Waals surface area contributed by atoms with Gasteiger partial charge in [0.2, 0.25) is 0 Å². The summed E-state index contributed by atoms with van der Waals surface area (Å²) in [6, 6.07) is 0. The fourth-order valence-corrected chi connectivity index (χ4v) is 6.05. The lowest BCUT2D eigenvalue weighted by atomic mass is 9.67. The molecule has 5 atom stereocenters. The first-order valence-electron chi connectivity index (χ1n) is 6.66. The highest BCUT2D eigenvalue weighted by Gasteiger charge is 2.45. The topological polar surface area (TPSA) is 17.1 Å². The third-order valence-corrected chi connectivity index (χ3v) is 6.60. The maximum Gasteiger partial charge on any atom is 0.154 e. The molecule has 3 rings (SSSR count). The number of carbonyl (C=O) groups excluding carboxylic acids is 1. The summed E-state index contributed by atoms with van der Waals surface area (Å²) in [6.07, 6.45) is 10.9. The van der Waals surface area contributed by atoms with Crippen LogP contribution in [0.3, 0.4) is 0 Å². The van der Waals surface area contributed by atoms with Crippen LogP contribution in [0.4, 0.5) is 0 Å². The van der Waals surface area contributed by atoms with Crippen LogP contribution < -0.4 is 0 Å². The molecule has 0 radical (unpaired) electrons. The lowest BCUT2D eigenvalue weighted by Gasteiger charge is -2.46. The van der Waals surface area contributed by atoms with E-state index in [1.165, 1.54) is 51.4 Å². The minimum Gasteiger partial charge on any atom is -0.295 e. The Morgan fingerprint density at radius 3 is 2.40 bits per heavy atom. The van der Waals surface area contributed by atoms with Crippen LogP contribution in [0.25, 0.3) is 0 Å². The van der Waals surface area contributed by atoms with Crippen molar-refractivity contribution in [2.24, 2.45) is 17.8 Å². The molecule has 2 aliphatic carbocycles. The molecule has 0 aromatic carbocycles. The second-order valence-corrected chi connectivity index (χ2v) is 7.14. The summed E-state index contributed by atoms with van der Waals surface area (Å²) in [5.41, 5.74) is 1.47. The molecule has 0 aromatic heterocycles. The van der Waals surface area contributed by atoms with E-state index in [9.17, 15) is 4.79 Å². The quantitative estimate of drug-likeness (QED) is 0.575. The fourth-order valence-electron chi connectivity index (χ4n) is 4.14. The van der Waals surface area contributed by atoms with Crippen LogP contribution in [0.2, 0.25) is 0 Å². The van der Waals surface area contributed by atoms with Gasteiger partial charge in [0.05, 0.1) is 0 Å². The summed E-state index contributed by atoms with van der Waals surface area (Å²) in [5.74, 6) is 2.24. The fraction of sp³-hybridized carbons (Fsp3) is 0.923. The van der Waals surface area contributed by atoms with E-state index in [0.717, 1.165) is 17.5 Å². The zero-order chi connectivity index (χ0) is 10.3. The van der Waals surface area contributed by atoms with Gasteiger partial charge in [-0.05, 0) is 51.8 Å². The van der Waals surface area contributed by atoms with Crippen LogP contribution in [0.5, 0.6) is 0 Å². The lowest BCUT2D eigenvalue weighted by molar-refractivity contribution is -0.119. The van der Waals surface area contributed by atoms with Gasteiger partial charge in [0.25, 0.3) is 0 Å². The van der Waals surface area contributed by atoms with Crippen molar-refractivity contribution in [1.29, 1.82) is 0 Å². The molecule has 5 unspecified atom stereocenters. The standard InChI is InChI=1S/C13H21OP/c14-13-11-7-2-1-5-9(11)10-6-3-4-8-12(10)15-13/h9-12,15H,1-8H2. The highest BCUT2D eigenvalue weighted by atomic mass is 31.1. The summed E-state index contributed by atoms with van der Waals surface area (Å²) in [5, 5.41) is 0. The van der Waals surface area contributed by atoms with Crippen LogP contribution in [0, 0.1) is 17.8 Å². The smallest absolute Gasteiger partial charge is 0.154 e. The van der Waals surface area contributed by atoms with Crippen LogP contribution in [-0.4, -0.2) is 11.2 Å². The van der Waals surface area contributed by atoms with Gasteiger partial charge in [-0.3, -0.25) is 4.79 Å². The molecule has 84 valence electrons. The molecule has 3 fully saturated rings. The number of carbonyl (C=O) groups is 1. The van der Waals surface area contributed by atoms with Gasteiger partial charge in [0, 0.05) is 5.92 Å². The van der Waals surface area contributed by atoms with Crippen molar-refractivity contribution in [2.45, 2.75) is 57.0 Å². The Hall–Kier alpha value is 0.100. The maximum absolute atomic E-state index is 12.1. The van der Waals surface area contributed by atoms with Crippen molar-refractivity contribution in [2.75, 3.05) is 0 Å². The first-order chi connectivity index (χ1) is 7.36. The zero-order valence-electron chi connectivity index (χ0n) is 9.37. The monoisotopic (exact) mass is 224 g/mol. The molecule has 1 nitrogen and oxygen atoms in total. The largest absolute Gasteiger partial charge is 0.295 e. The van der Waals surface area contributed by atoms with E-state index in [4.69, 9.17) is 0 Å². The van der Waals surface area contributed by atoms with Gasteiger partial charge >= 0.3 is 0 Å². The molecule has 15 heavy (non-hydrogen) atoms. The third-order valence-electron chi connectivity index (χ3n) is 4.85. The Morgan fingerprint density at radius 2 is 1.53 bits per heavy atom. The SMILES string of the molecule is O=C1PC2CCCCC2C2CCCCC12. The number of hydrogen-bond donors (Lipinski definition) is 0. The molecule has 0 bridgehead atoms. The predicted octanol–water partition coefficient (Wildman–Crippen LogP) is 3.57. The second kappa shape index (κ2) is 4.17. The van der Waals surface area contributed by atoms with Crippen molar-refractivity contribution >= 4 is 14.1 Å². The normalized spacial score (nSPS) is 47.3. The number of fused-ring (bicyclic) bond motifs is 3. The molecule has 1 heterocycles. The van der Waals surface area contributed by atoms with Gasteiger partial charge < -0.3 is 0 Å². The first-order valence-corrected chi connectivity index (χ1v) is 7.74. The summed E-state index contributed by atoms with van der Waals surface area (Å²) in [4.78, 5) is 12.1. The average Bonchev–Trinajstić information content (AvgIpc) is 2.30. The summed E-state index contributed by atoms with van der Waals surface area (Å²) < 4.78 is 0. The molecule has 0 amide bonds. The molecule has 0 spiro atoms. The lowest BCUT2D eigenvalue weighted by Crippen LogP contribution is -2.42. The van der Waals surface area contributed by atoms with Crippen molar-refractivity contribution in [3.63, 3.8) is 0 Å². The molecular weight excluding hydrogens is 203 g/mol. The predicted molar refractivity (Wildman–Crippen MR) is 64.5 cm³/mol. The first kappa shape index (κ1) is 10.3. The van der Waals surface area contributed by atoms with Gasteiger partial charge in [-0.15, -0.1) is 0 Å². The molecule has 0 N–H and O–H groups in total. The summed E-state index contributed by atoms with van der Waals surface area (Å²) >= 11 is 0.